The van der Waals surface area contributed by atoms with Crippen molar-refractivity contribution in [1.29, 1.82) is 0 Å². The van der Waals surface area contributed by atoms with E-state index in [4.69, 9.17) is 14.2 Å². The van der Waals surface area contributed by atoms with Gasteiger partial charge in [0, 0.05) is 12.5 Å². The highest BCUT2D eigenvalue weighted by atomic mass is 16.6. The fraction of sp³-hybridized carbons (Fsp3) is 0.314. The third kappa shape index (κ3) is 7.53. The maximum atomic E-state index is 12.9. The molecule has 5 rings (SSSR count). The molecule has 1 fully saturated rings. The van der Waals surface area contributed by atoms with Gasteiger partial charge >= 0.3 is 12.1 Å². The lowest BCUT2D eigenvalue weighted by atomic mass is 9.86. The first-order valence-electron chi connectivity index (χ1n) is 14.1. The topological polar surface area (TPSA) is 65.1 Å². The van der Waals surface area contributed by atoms with E-state index >= 15 is 0 Å². The molecule has 0 saturated carbocycles. The first-order valence-corrected chi connectivity index (χ1v) is 14.1. The van der Waals surface area contributed by atoms with Crippen molar-refractivity contribution in [3.63, 3.8) is 0 Å². The van der Waals surface area contributed by atoms with E-state index in [9.17, 15) is 9.59 Å². The van der Waals surface area contributed by atoms with Gasteiger partial charge in [-0.15, -0.1) is 0 Å². The van der Waals surface area contributed by atoms with Crippen LogP contribution in [0.2, 0.25) is 0 Å². The minimum Gasteiger partial charge on any atom is -0.457 e. The number of amides is 1. The number of benzene rings is 4. The molecule has 1 saturated heterocycles. The number of ether oxygens (including phenoxy) is 3. The number of fused-ring (bicyclic) bond motifs is 1. The van der Waals surface area contributed by atoms with Gasteiger partial charge in [-0.2, -0.15) is 0 Å². The number of esters is 1. The fourth-order valence-corrected chi connectivity index (χ4v) is 5.16. The van der Waals surface area contributed by atoms with Crippen LogP contribution in [0.5, 0.6) is 0 Å². The summed E-state index contributed by atoms with van der Waals surface area (Å²) in [5.41, 5.74) is 3.11. The average molecular weight is 552 g/mol. The molecule has 0 aromatic heterocycles. The van der Waals surface area contributed by atoms with Crippen molar-refractivity contribution >= 4 is 22.8 Å². The Morgan fingerprint density at radius 1 is 0.805 bits per heavy atom. The predicted molar refractivity (Wildman–Crippen MR) is 160 cm³/mol. The van der Waals surface area contributed by atoms with Crippen molar-refractivity contribution in [2.75, 3.05) is 13.1 Å². The van der Waals surface area contributed by atoms with Crippen LogP contribution in [0.15, 0.2) is 97.1 Å². The Labute approximate surface area is 241 Å². The largest absolute Gasteiger partial charge is 0.457 e. The van der Waals surface area contributed by atoms with Gasteiger partial charge in [0.2, 0.25) is 0 Å². The Kier molecular flexibility index (Phi) is 8.70. The summed E-state index contributed by atoms with van der Waals surface area (Å²) in [6, 6.07) is 31.8. The van der Waals surface area contributed by atoms with Crippen molar-refractivity contribution in [3.8, 4) is 0 Å². The summed E-state index contributed by atoms with van der Waals surface area (Å²) in [6.07, 6.45) is 0.236. The van der Waals surface area contributed by atoms with Crippen LogP contribution in [-0.4, -0.2) is 41.8 Å². The number of rotatable bonds is 7. The molecule has 0 radical (unpaired) electrons. The molecule has 2 atom stereocenters. The zero-order valence-corrected chi connectivity index (χ0v) is 23.9. The summed E-state index contributed by atoms with van der Waals surface area (Å²) in [7, 11) is 0. The first kappa shape index (κ1) is 28.4. The monoisotopic (exact) mass is 551 g/mol. The van der Waals surface area contributed by atoms with Gasteiger partial charge in [-0.1, -0.05) is 78.9 Å². The van der Waals surface area contributed by atoms with Gasteiger partial charge in [0.25, 0.3) is 0 Å². The SMILES string of the molecule is CC(C)(C)OC(=O)N1CCC(c2ccc(COC(=O)c3ccccc3)cc2)C(OCc2ccc3ccccc3c2)C1. The van der Waals surface area contributed by atoms with Crippen LogP contribution in [0.3, 0.4) is 0 Å². The van der Waals surface area contributed by atoms with Gasteiger partial charge in [-0.3, -0.25) is 0 Å². The Morgan fingerprint density at radius 2 is 1.49 bits per heavy atom. The van der Waals surface area contributed by atoms with Crippen molar-refractivity contribution < 1.29 is 23.8 Å². The number of carbonyl (C=O) groups excluding carboxylic acids is 2. The molecule has 1 amide bonds. The molecule has 6 nitrogen and oxygen atoms in total. The van der Waals surface area contributed by atoms with E-state index < -0.39 is 5.60 Å². The Morgan fingerprint density at radius 3 is 2.22 bits per heavy atom. The van der Waals surface area contributed by atoms with E-state index in [1.165, 1.54) is 10.8 Å². The van der Waals surface area contributed by atoms with Crippen LogP contribution in [0, 0.1) is 0 Å². The van der Waals surface area contributed by atoms with Crippen molar-refractivity contribution in [3.05, 3.63) is 119 Å². The summed E-state index contributed by atoms with van der Waals surface area (Å²) < 4.78 is 17.7. The molecule has 4 aromatic carbocycles. The summed E-state index contributed by atoms with van der Waals surface area (Å²) in [6.45, 7) is 7.32. The van der Waals surface area contributed by atoms with Gasteiger partial charge < -0.3 is 19.1 Å². The lowest BCUT2D eigenvalue weighted by Crippen LogP contribution is -2.48. The maximum absolute atomic E-state index is 12.9. The lowest BCUT2D eigenvalue weighted by Gasteiger charge is -2.39. The summed E-state index contributed by atoms with van der Waals surface area (Å²) in [5, 5.41) is 2.37. The highest BCUT2D eigenvalue weighted by molar-refractivity contribution is 5.89. The quantitative estimate of drug-likeness (QED) is 0.223. The molecular formula is C35H37NO5. The van der Waals surface area contributed by atoms with Gasteiger partial charge in [-0.25, -0.2) is 9.59 Å². The van der Waals surface area contributed by atoms with E-state index in [2.05, 4.69) is 42.5 Å². The molecule has 0 bridgehead atoms. The summed E-state index contributed by atoms with van der Waals surface area (Å²) in [5.74, 6) is -0.235. The second-order valence-corrected chi connectivity index (χ2v) is 11.5. The Hall–Kier alpha value is -4.16. The van der Waals surface area contributed by atoms with Crippen molar-refractivity contribution in [2.45, 2.75) is 58.0 Å². The number of hydrogen-bond donors (Lipinski definition) is 0. The third-order valence-electron chi connectivity index (χ3n) is 7.28. The van der Waals surface area contributed by atoms with Gasteiger partial charge in [0.05, 0.1) is 24.8 Å². The standard InChI is InChI=1S/C35H37NO5/c1-35(2,3)41-34(38)36-20-19-31(32(22-36)39-24-26-15-16-27-9-7-8-12-30(27)21-26)28-17-13-25(14-18-28)23-40-33(37)29-10-5-4-6-11-29/h4-18,21,31-32H,19-20,22-24H2,1-3H3. The van der Waals surface area contributed by atoms with E-state index in [1.54, 1.807) is 17.0 Å². The molecule has 0 N–H and O–H groups in total. The number of hydrogen-bond acceptors (Lipinski definition) is 5. The molecule has 1 aliphatic heterocycles. The van der Waals surface area contributed by atoms with Crippen LogP contribution >= 0.6 is 0 Å². The summed E-state index contributed by atoms with van der Waals surface area (Å²) >= 11 is 0. The van der Waals surface area contributed by atoms with Crippen LogP contribution in [0.25, 0.3) is 10.8 Å². The number of likely N-dealkylation sites (tertiary alicyclic amines) is 1. The van der Waals surface area contributed by atoms with Gasteiger partial charge in [-0.05, 0) is 72.9 Å². The second-order valence-electron chi connectivity index (χ2n) is 11.5. The van der Waals surface area contributed by atoms with Crippen molar-refractivity contribution in [1.82, 2.24) is 4.90 Å². The van der Waals surface area contributed by atoms with E-state index in [0.29, 0.717) is 25.3 Å². The van der Waals surface area contributed by atoms with Crippen LogP contribution < -0.4 is 0 Å². The predicted octanol–water partition coefficient (Wildman–Crippen LogP) is 7.51. The first-order chi connectivity index (χ1) is 19.7. The fourth-order valence-electron chi connectivity index (χ4n) is 5.16. The average Bonchev–Trinajstić information content (AvgIpc) is 2.98. The second kappa shape index (κ2) is 12.6. The third-order valence-corrected chi connectivity index (χ3v) is 7.28. The number of carbonyl (C=O) groups is 2. The molecule has 1 heterocycles. The van der Waals surface area contributed by atoms with Gasteiger partial charge in [0.15, 0.2) is 0 Å². The summed E-state index contributed by atoms with van der Waals surface area (Å²) in [4.78, 5) is 27.0. The normalized spacial score (nSPS) is 17.3. The molecule has 1 aliphatic rings. The lowest BCUT2D eigenvalue weighted by molar-refractivity contribution is -0.0359. The molecule has 2 unspecified atom stereocenters. The maximum Gasteiger partial charge on any atom is 0.410 e. The van der Waals surface area contributed by atoms with Crippen LogP contribution in [0.4, 0.5) is 4.79 Å². The molecule has 0 spiro atoms. The highest BCUT2D eigenvalue weighted by Gasteiger charge is 2.35. The highest BCUT2D eigenvalue weighted by Crippen LogP contribution is 2.32. The zero-order valence-electron chi connectivity index (χ0n) is 23.9. The van der Waals surface area contributed by atoms with E-state index in [1.807, 2.05) is 63.2 Å². The van der Waals surface area contributed by atoms with Crippen LogP contribution in [-0.2, 0) is 27.4 Å². The molecule has 41 heavy (non-hydrogen) atoms. The molecule has 212 valence electrons. The Bertz CT molecular complexity index is 1480. The Balaban J connectivity index is 1.28. The molecular weight excluding hydrogens is 514 g/mol. The smallest absolute Gasteiger partial charge is 0.410 e. The molecule has 6 heteroatoms. The number of nitrogens with zero attached hydrogens (tertiary/aromatic N) is 1. The van der Waals surface area contributed by atoms with Crippen molar-refractivity contribution in [2.24, 2.45) is 0 Å². The van der Waals surface area contributed by atoms with Gasteiger partial charge in [0.1, 0.15) is 12.2 Å². The van der Waals surface area contributed by atoms with E-state index in [0.717, 1.165) is 23.1 Å². The van der Waals surface area contributed by atoms with E-state index in [-0.39, 0.29) is 30.7 Å². The minimum atomic E-state index is -0.560. The van der Waals surface area contributed by atoms with Crippen LogP contribution in [0.1, 0.15) is 60.2 Å². The minimum absolute atomic E-state index is 0.107. The molecule has 0 aliphatic carbocycles. The number of piperidine rings is 1. The molecule has 4 aromatic rings. The zero-order chi connectivity index (χ0) is 28.8.